The molecule has 2 aromatic carbocycles. The fourth-order valence-corrected chi connectivity index (χ4v) is 2.43. The van der Waals surface area contributed by atoms with Crippen molar-refractivity contribution in [1.29, 1.82) is 0 Å². The summed E-state index contributed by atoms with van der Waals surface area (Å²) in [6.45, 7) is 1.50. The standard InChI is InChI=1S/C14H13NOS2/c1-10(16)15-11-2-6-13(7-3-11)18-14-8-4-12(17)5-9-14/h2-9,17H,1H3,(H,15,16). The normalized spacial score (nSPS) is 10.1. The lowest BCUT2D eigenvalue weighted by Crippen LogP contribution is -2.05. The van der Waals surface area contributed by atoms with Crippen LogP contribution in [-0.2, 0) is 4.79 Å². The number of rotatable bonds is 3. The molecule has 2 nitrogen and oxygen atoms in total. The molecule has 0 aliphatic carbocycles. The molecule has 0 atom stereocenters. The minimum absolute atomic E-state index is 0.0558. The second-order valence-corrected chi connectivity index (χ2v) is 5.46. The molecule has 0 aliphatic heterocycles. The maximum absolute atomic E-state index is 10.9. The average Bonchev–Trinajstić information content (AvgIpc) is 2.34. The van der Waals surface area contributed by atoms with E-state index in [4.69, 9.17) is 0 Å². The monoisotopic (exact) mass is 275 g/mol. The van der Waals surface area contributed by atoms with Crippen LogP contribution in [0.5, 0.6) is 0 Å². The Balaban J connectivity index is 2.06. The van der Waals surface area contributed by atoms with Gasteiger partial charge in [0, 0.05) is 27.3 Å². The van der Waals surface area contributed by atoms with Crippen molar-refractivity contribution in [3.63, 3.8) is 0 Å². The lowest BCUT2D eigenvalue weighted by atomic mass is 10.3. The molecule has 0 aliphatic rings. The maximum Gasteiger partial charge on any atom is 0.221 e. The Labute approximate surface area is 116 Å². The second-order valence-electron chi connectivity index (χ2n) is 3.80. The van der Waals surface area contributed by atoms with Crippen molar-refractivity contribution < 1.29 is 4.79 Å². The summed E-state index contributed by atoms with van der Waals surface area (Å²) in [6.07, 6.45) is 0. The Morgan fingerprint density at radius 2 is 1.50 bits per heavy atom. The molecule has 0 aromatic heterocycles. The van der Waals surface area contributed by atoms with Crippen LogP contribution < -0.4 is 5.32 Å². The fourth-order valence-electron chi connectivity index (χ4n) is 1.46. The van der Waals surface area contributed by atoms with Crippen LogP contribution in [0.3, 0.4) is 0 Å². The highest BCUT2D eigenvalue weighted by Gasteiger charge is 1.99. The molecule has 4 heteroatoms. The van der Waals surface area contributed by atoms with Crippen molar-refractivity contribution in [2.75, 3.05) is 5.32 Å². The maximum atomic E-state index is 10.9. The van der Waals surface area contributed by atoms with Crippen molar-refractivity contribution >= 4 is 36.0 Å². The van der Waals surface area contributed by atoms with E-state index < -0.39 is 0 Å². The van der Waals surface area contributed by atoms with Crippen molar-refractivity contribution in [2.45, 2.75) is 21.6 Å². The molecule has 0 bridgehead atoms. The summed E-state index contributed by atoms with van der Waals surface area (Å²) in [6, 6.07) is 15.8. The van der Waals surface area contributed by atoms with E-state index in [0.717, 1.165) is 15.5 Å². The lowest BCUT2D eigenvalue weighted by molar-refractivity contribution is -0.114. The van der Waals surface area contributed by atoms with Crippen LogP contribution in [0.4, 0.5) is 5.69 Å². The summed E-state index contributed by atoms with van der Waals surface area (Å²) in [4.78, 5) is 14.2. The van der Waals surface area contributed by atoms with Crippen molar-refractivity contribution in [3.05, 3.63) is 48.5 Å². The number of anilines is 1. The van der Waals surface area contributed by atoms with E-state index in [1.807, 2.05) is 48.5 Å². The van der Waals surface area contributed by atoms with Gasteiger partial charge in [-0.25, -0.2) is 0 Å². The van der Waals surface area contributed by atoms with Gasteiger partial charge < -0.3 is 5.32 Å². The molecule has 2 rings (SSSR count). The summed E-state index contributed by atoms with van der Waals surface area (Å²) in [7, 11) is 0. The summed E-state index contributed by atoms with van der Waals surface area (Å²) in [5.74, 6) is -0.0558. The van der Waals surface area contributed by atoms with E-state index in [-0.39, 0.29) is 5.91 Å². The van der Waals surface area contributed by atoms with E-state index in [1.165, 1.54) is 11.8 Å². The predicted molar refractivity (Wildman–Crippen MR) is 78.6 cm³/mol. The highest BCUT2D eigenvalue weighted by atomic mass is 32.2. The van der Waals surface area contributed by atoms with E-state index >= 15 is 0 Å². The Kier molecular flexibility index (Phi) is 4.33. The topological polar surface area (TPSA) is 29.1 Å². The molecule has 1 N–H and O–H groups in total. The zero-order valence-corrected chi connectivity index (χ0v) is 11.6. The molecule has 1 amide bonds. The number of carbonyl (C=O) groups is 1. The van der Waals surface area contributed by atoms with Gasteiger partial charge in [-0.3, -0.25) is 4.79 Å². The summed E-state index contributed by atoms with van der Waals surface area (Å²) < 4.78 is 0. The molecular formula is C14H13NOS2. The third kappa shape index (κ3) is 3.82. The predicted octanol–water partition coefficient (Wildman–Crippen LogP) is 4.08. The largest absolute Gasteiger partial charge is 0.326 e. The van der Waals surface area contributed by atoms with E-state index in [1.54, 1.807) is 11.8 Å². The van der Waals surface area contributed by atoms with E-state index in [9.17, 15) is 4.79 Å². The fraction of sp³-hybridized carbons (Fsp3) is 0.0714. The van der Waals surface area contributed by atoms with Crippen molar-refractivity contribution in [2.24, 2.45) is 0 Å². The first kappa shape index (κ1) is 13.1. The van der Waals surface area contributed by atoms with Gasteiger partial charge in [0.25, 0.3) is 0 Å². The zero-order valence-electron chi connectivity index (χ0n) is 9.88. The number of amides is 1. The van der Waals surface area contributed by atoms with Crippen molar-refractivity contribution in [1.82, 2.24) is 0 Å². The number of hydrogen-bond acceptors (Lipinski definition) is 3. The molecule has 92 valence electrons. The number of thiol groups is 1. The van der Waals surface area contributed by atoms with Gasteiger partial charge in [-0.1, -0.05) is 11.8 Å². The first-order chi connectivity index (χ1) is 8.63. The minimum atomic E-state index is -0.0558. The summed E-state index contributed by atoms with van der Waals surface area (Å²) >= 11 is 5.93. The Bertz CT molecular complexity index is 535. The molecule has 0 heterocycles. The molecule has 18 heavy (non-hydrogen) atoms. The van der Waals surface area contributed by atoms with Crippen LogP contribution in [0, 0.1) is 0 Å². The van der Waals surface area contributed by atoms with Crippen LogP contribution in [0.25, 0.3) is 0 Å². The quantitative estimate of drug-likeness (QED) is 0.826. The minimum Gasteiger partial charge on any atom is -0.326 e. The smallest absolute Gasteiger partial charge is 0.221 e. The van der Waals surface area contributed by atoms with Gasteiger partial charge in [-0.05, 0) is 48.5 Å². The van der Waals surface area contributed by atoms with E-state index in [0.29, 0.717) is 0 Å². The average molecular weight is 275 g/mol. The van der Waals surface area contributed by atoms with Gasteiger partial charge in [-0.2, -0.15) is 0 Å². The second kappa shape index (κ2) is 5.98. The van der Waals surface area contributed by atoms with Crippen LogP contribution in [-0.4, -0.2) is 5.91 Å². The number of hydrogen-bond donors (Lipinski definition) is 2. The third-order valence-corrected chi connectivity index (χ3v) is 3.56. The van der Waals surface area contributed by atoms with Crippen LogP contribution in [0.2, 0.25) is 0 Å². The molecule has 2 aromatic rings. The summed E-state index contributed by atoms with van der Waals surface area (Å²) in [5, 5.41) is 2.75. The highest BCUT2D eigenvalue weighted by Crippen LogP contribution is 2.29. The molecule has 0 radical (unpaired) electrons. The van der Waals surface area contributed by atoms with Crippen LogP contribution >= 0.6 is 24.4 Å². The number of nitrogens with one attached hydrogen (secondary N) is 1. The first-order valence-corrected chi connectivity index (χ1v) is 6.74. The molecule has 0 saturated carbocycles. The summed E-state index contributed by atoms with van der Waals surface area (Å²) in [5.41, 5.74) is 0.817. The molecule has 0 fully saturated rings. The molecule has 0 spiro atoms. The highest BCUT2D eigenvalue weighted by molar-refractivity contribution is 7.99. The lowest BCUT2D eigenvalue weighted by Gasteiger charge is -2.04. The van der Waals surface area contributed by atoms with Gasteiger partial charge in [0.15, 0.2) is 0 Å². The van der Waals surface area contributed by atoms with Gasteiger partial charge in [0.1, 0.15) is 0 Å². The Morgan fingerprint density at radius 3 is 2.00 bits per heavy atom. The Morgan fingerprint density at radius 1 is 1.00 bits per heavy atom. The van der Waals surface area contributed by atoms with Crippen LogP contribution in [0.1, 0.15) is 6.92 Å². The molecule has 0 saturated heterocycles. The van der Waals surface area contributed by atoms with Crippen LogP contribution in [0.15, 0.2) is 63.2 Å². The van der Waals surface area contributed by atoms with Crippen molar-refractivity contribution in [3.8, 4) is 0 Å². The number of carbonyl (C=O) groups excluding carboxylic acids is 1. The van der Waals surface area contributed by atoms with Gasteiger partial charge in [0.2, 0.25) is 5.91 Å². The van der Waals surface area contributed by atoms with E-state index in [2.05, 4.69) is 17.9 Å². The Hall–Kier alpha value is -1.39. The first-order valence-electron chi connectivity index (χ1n) is 5.48. The van der Waals surface area contributed by atoms with Gasteiger partial charge in [0.05, 0.1) is 0 Å². The van der Waals surface area contributed by atoms with Gasteiger partial charge >= 0.3 is 0 Å². The number of benzene rings is 2. The van der Waals surface area contributed by atoms with Gasteiger partial charge in [-0.15, -0.1) is 12.6 Å². The molecule has 0 unspecified atom stereocenters. The SMILES string of the molecule is CC(=O)Nc1ccc(Sc2ccc(S)cc2)cc1. The molecular weight excluding hydrogens is 262 g/mol. The zero-order chi connectivity index (χ0) is 13.0. The third-order valence-electron chi connectivity index (χ3n) is 2.25.